The van der Waals surface area contributed by atoms with Crippen molar-refractivity contribution in [2.45, 2.75) is 24.5 Å². The summed E-state index contributed by atoms with van der Waals surface area (Å²) in [4.78, 5) is 0. The zero-order valence-electron chi connectivity index (χ0n) is 10.4. The van der Waals surface area contributed by atoms with E-state index in [1.54, 1.807) is 30.4 Å². The van der Waals surface area contributed by atoms with Gasteiger partial charge >= 0.3 is 6.18 Å². The molecule has 1 heterocycles. The minimum Gasteiger partial charge on any atom is -0.387 e. The summed E-state index contributed by atoms with van der Waals surface area (Å²) in [6.45, 7) is 1.62. The molecule has 0 spiro atoms. The molecule has 0 saturated carbocycles. The highest BCUT2D eigenvalue weighted by Crippen LogP contribution is 2.36. The topological polar surface area (TPSA) is 20.2 Å². The van der Waals surface area contributed by atoms with Crippen LogP contribution in [0.2, 0.25) is 0 Å². The van der Waals surface area contributed by atoms with Crippen LogP contribution in [0.3, 0.4) is 0 Å². The van der Waals surface area contributed by atoms with Crippen molar-refractivity contribution >= 4 is 23.5 Å². The van der Waals surface area contributed by atoms with Crippen LogP contribution in [0.25, 0.3) is 0 Å². The van der Waals surface area contributed by atoms with Crippen LogP contribution >= 0.6 is 23.5 Å². The Morgan fingerprint density at radius 2 is 2.05 bits per heavy atom. The van der Waals surface area contributed by atoms with Crippen LogP contribution in [0, 0.1) is 6.92 Å². The van der Waals surface area contributed by atoms with E-state index >= 15 is 0 Å². The molecule has 0 radical (unpaired) electrons. The quantitative estimate of drug-likeness (QED) is 0.895. The Morgan fingerprint density at radius 1 is 1.32 bits per heavy atom. The van der Waals surface area contributed by atoms with Crippen LogP contribution in [-0.4, -0.2) is 27.6 Å². The summed E-state index contributed by atoms with van der Waals surface area (Å²) in [5.41, 5.74) is 0.443. The Hall–Kier alpha value is -0.330. The molecular formula is C13H15F3OS2. The second-order valence-corrected chi connectivity index (χ2v) is 7.00. The van der Waals surface area contributed by atoms with E-state index in [2.05, 4.69) is 0 Å². The maximum absolute atomic E-state index is 12.6. The van der Waals surface area contributed by atoms with Gasteiger partial charge in [-0.25, -0.2) is 0 Å². The maximum Gasteiger partial charge on any atom is 0.416 e. The number of rotatable bonds is 2. The summed E-state index contributed by atoms with van der Waals surface area (Å²) in [5.74, 6) is 2.89. The van der Waals surface area contributed by atoms with Gasteiger partial charge in [-0.2, -0.15) is 36.7 Å². The monoisotopic (exact) mass is 308 g/mol. The average Bonchev–Trinajstić information content (AvgIpc) is 2.38. The molecule has 1 nitrogen and oxygen atoms in total. The van der Waals surface area contributed by atoms with Crippen molar-refractivity contribution in [2.24, 2.45) is 0 Å². The minimum absolute atomic E-state index is 0.0641. The zero-order valence-corrected chi connectivity index (χ0v) is 12.0. The fraction of sp³-hybridized carbons (Fsp3) is 0.538. The van der Waals surface area contributed by atoms with Crippen LogP contribution in [0.4, 0.5) is 13.2 Å². The van der Waals surface area contributed by atoms with Gasteiger partial charge in [-0.1, -0.05) is 6.07 Å². The third kappa shape index (κ3) is 3.61. The Balaban J connectivity index is 2.20. The molecule has 1 aromatic carbocycles. The molecule has 1 aromatic rings. The van der Waals surface area contributed by atoms with Crippen molar-refractivity contribution in [3.8, 4) is 0 Å². The van der Waals surface area contributed by atoms with Crippen LogP contribution in [0.5, 0.6) is 0 Å². The van der Waals surface area contributed by atoms with Crippen molar-refractivity contribution in [3.05, 3.63) is 34.9 Å². The van der Waals surface area contributed by atoms with Crippen molar-refractivity contribution in [2.75, 3.05) is 17.3 Å². The third-order valence-corrected chi connectivity index (χ3v) is 5.96. The molecule has 2 unspecified atom stereocenters. The predicted octanol–water partition coefficient (Wildman–Crippen LogP) is 3.90. The van der Waals surface area contributed by atoms with E-state index < -0.39 is 17.8 Å². The number of aryl methyl sites for hydroxylation is 1. The molecule has 106 valence electrons. The molecule has 1 saturated heterocycles. The molecule has 2 atom stereocenters. The summed E-state index contributed by atoms with van der Waals surface area (Å²) < 4.78 is 37.8. The van der Waals surface area contributed by atoms with Gasteiger partial charge in [-0.15, -0.1) is 0 Å². The largest absolute Gasteiger partial charge is 0.416 e. The highest BCUT2D eigenvalue weighted by atomic mass is 32.2. The normalized spacial score (nSPS) is 22.3. The van der Waals surface area contributed by atoms with Gasteiger partial charge in [0.05, 0.1) is 11.7 Å². The third-order valence-electron chi connectivity index (χ3n) is 3.11. The van der Waals surface area contributed by atoms with Crippen molar-refractivity contribution in [3.63, 3.8) is 0 Å². The minimum atomic E-state index is -4.33. The standard InChI is InChI=1S/C13H15F3OS2/c1-8-6-9(13(14,15)16)2-3-10(8)12(17)11-7-18-4-5-19-11/h2-3,6,11-12,17H,4-5,7H2,1H3. The molecule has 2 rings (SSSR count). The Bertz CT molecular complexity index is 442. The summed E-state index contributed by atoms with van der Waals surface area (Å²) in [5, 5.41) is 10.4. The lowest BCUT2D eigenvalue weighted by Crippen LogP contribution is -2.23. The van der Waals surface area contributed by atoms with Gasteiger partial charge in [0.2, 0.25) is 0 Å². The van der Waals surface area contributed by atoms with Crippen molar-refractivity contribution < 1.29 is 18.3 Å². The summed E-state index contributed by atoms with van der Waals surface area (Å²) in [6, 6.07) is 3.56. The van der Waals surface area contributed by atoms with E-state index in [1.807, 2.05) is 0 Å². The Labute approximate surface area is 119 Å². The number of aliphatic hydroxyl groups excluding tert-OH is 1. The fourth-order valence-corrected chi connectivity index (χ4v) is 4.82. The molecule has 6 heteroatoms. The van der Waals surface area contributed by atoms with E-state index in [9.17, 15) is 18.3 Å². The summed E-state index contributed by atoms with van der Waals surface area (Å²) >= 11 is 3.47. The van der Waals surface area contributed by atoms with E-state index in [4.69, 9.17) is 0 Å². The number of halogens is 3. The van der Waals surface area contributed by atoms with Gasteiger partial charge in [-0.3, -0.25) is 0 Å². The molecule has 0 aromatic heterocycles. The number of benzene rings is 1. The van der Waals surface area contributed by atoms with Crippen molar-refractivity contribution in [1.29, 1.82) is 0 Å². The maximum atomic E-state index is 12.6. The number of alkyl halides is 3. The molecular weight excluding hydrogens is 293 g/mol. The number of aliphatic hydroxyl groups is 1. The van der Waals surface area contributed by atoms with Gasteiger partial charge in [0.25, 0.3) is 0 Å². The molecule has 0 bridgehead atoms. The summed E-state index contributed by atoms with van der Waals surface area (Å²) in [7, 11) is 0. The van der Waals surface area contributed by atoms with Gasteiger partial charge in [0.15, 0.2) is 0 Å². The van der Waals surface area contributed by atoms with Gasteiger partial charge in [-0.05, 0) is 30.2 Å². The highest BCUT2D eigenvalue weighted by Gasteiger charge is 2.32. The lowest BCUT2D eigenvalue weighted by molar-refractivity contribution is -0.137. The van der Waals surface area contributed by atoms with E-state index in [-0.39, 0.29) is 5.25 Å². The fourth-order valence-electron chi connectivity index (χ4n) is 2.07. The molecule has 1 fully saturated rings. The van der Waals surface area contributed by atoms with Gasteiger partial charge < -0.3 is 5.11 Å². The van der Waals surface area contributed by atoms with Crippen molar-refractivity contribution in [1.82, 2.24) is 0 Å². The predicted molar refractivity (Wildman–Crippen MR) is 74.7 cm³/mol. The van der Waals surface area contributed by atoms with Crippen LogP contribution in [0.1, 0.15) is 22.8 Å². The molecule has 0 amide bonds. The van der Waals surface area contributed by atoms with Crippen LogP contribution < -0.4 is 0 Å². The van der Waals surface area contributed by atoms with Crippen LogP contribution in [0.15, 0.2) is 18.2 Å². The Morgan fingerprint density at radius 3 is 2.58 bits per heavy atom. The van der Waals surface area contributed by atoms with E-state index in [0.717, 1.165) is 29.4 Å². The zero-order chi connectivity index (χ0) is 14.0. The van der Waals surface area contributed by atoms with Gasteiger partial charge in [0.1, 0.15) is 0 Å². The number of hydrogen-bond donors (Lipinski definition) is 1. The van der Waals surface area contributed by atoms with E-state index in [1.165, 1.54) is 6.07 Å². The molecule has 1 aliphatic rings. The van der Waals surface area contributed by atoms with Gasteiger partial charge in [0, 0.05) is 22.5 Å². The van der Waals surface area contributed by atoms with E-state index in [0.29, 0.717) is 11.1 Å². The second-order valence-electron chi connectivity index (χ2n) is 4.50. The molecule has 1 aliphatic heterocycles. The number of hydrogen-bond acceptors (Lipinski definition) is 3. The van der Waals surface area contributed by atoms with Crippen LogP contribution in [-0.2, 0) is 6.18 Å². The first-order chi connectivity index (χ1) is 8.89. The molecule has 1 N–H and O–H groups in total. The first-order valence-corrected chi connectivity index (χ1v) is 8.15. The molecule has 0 aliphatic carbocycles. The summed E-state index contributed by atoms with van der Waals surface area (Å²) in [6.07, 6.45) is -5.02. The Kier molecular flexibility index (Phi) is 4.74. The highest BCUT2D eigenvalue weighted by molar-refractivity contribution is 8.06. The molecule has 19 heavy (non-hydrogen) atoms. The lowest BCUT2D eigenvalue weighted by Gasteiger charge is -2.27. The average molecular weight is 308 g/mol. The lowest BCUT2D eigenvalue weighted by atomic mass is 9.99. The number of thioether (sulfide) groups is 2. The smallest absolute Gasteiger partial charge is 0.387 e. The first-order valence-electron chi connectivity index (χ1n) is 5.95. The SMILES string of the molecule is Cc1cc(C(F)(F)F)ccc1C(O)C1CSCCS1. The second kappa shape index (κ2) is 5.97. The first kappa shape index (κ1) is 15.1.